The molecule has 4 rings (SSSR count). The predicted octanol–water partition coefficient (Wildman–Crippen LogP) is 3.57. The van der Waals surface area contributed by atoms with Crippen molar-refractivity contribution in [3.05, 3.63) is 48.5 Å². The first-order valence-electron chi connectivity index (χ1n) is 7.24. The van der Waals surface area contributed by atoms with Gasteiger partial charge in [0.15, 0.2) is 5.11 Å². The van der Waals surface area contributed by atoms with E-state index in [1.165, 1.54) is 0 Å². The summed E-state index contributed by atoms with van der Waals surface area (Å²) in [5.41, 5.74) is 2.74. The smallest absolute Gasteiger partial charge is 0.255 e. The van der Waals surface area contributed by atoms with E-state index in [1.54, 1.807) is 16.2 Å². The van der Waals surface area contributed by atoms with Crippen LogP contribution in [0.3, 0.4) is 0 Å². The second kappa shape index (κ2) is 5.40. The van der Waals surface area contributed by atoms with Crippen LogP contribution in [0.25, 0.3) is 20.8 Å². The molecule has 1 fully saturated rings. The maximum absolute atomic E-state index is 12.3. The lowest BCUT2D eigenvalue weighted by Crippen LogP contribution is -2.30. The van der Waals surface area contributed by atoms with Gasteiger partial charge in [0.2, 0.25) is 0 Å². The van der Waals surface area contributed by atoms with E-state index in [9.17, 15) is 4.79 Å². The number of nitrogens with zero attached hydrogens (tertiary/aromatic N) is 2. The zero-order valence-electron chi connectivity index (χ0n) is 12.3. The van der Waals surface area contributed by atoms with Crippen LogP contribution in [-0.4, -0.2) is 22.0 Å². The Bertz CT molecular complexity index is 901. The molecule has 2 aromatic carbocycles. The highest BCUT2D eigenvalue weighted by molar-refractivity contribution is 7.80. The fourth-order valence-electron chi connectivity index (χ4n) is 2.62. The number of thiocarbonyl (C=S) groups is 1. The number of hydrogen-bond donors (Lipinski definition) is 1. The summed E-state index contributed by atoms with van der Waals surface area (Å²) >= 11 is 6.91. The third kappa shape index (κ3) is 2.40. The quantitative estimate of drug-likeness (QED) is 0.725. The number of nitrogens with one attached hydrogen (secondary N) is 1. The van der Waals surface area contributed by atoms with Gasteiger partial charge in [0.25, 0.3) is 5.91 Å². The van der Waals surface area contributed by atoms with Crippen molar-refractivity contribution in [2.24, 2.45) is 0 Å². The molecule has 3 aromatic rings. The Balaban J connectivity index is 1.77. The van der Waals surface area contributed by atoms with Crippen molar-refractivity contribution in [1.29, 1.82) is 0 Å². The summed E-state index contributed by atoms with van der Waals surface area (Å²) in [4.78, 5) is 18.5. The highest BCUT2D eigenvalue weighted by atomic mass is 32.1. The van der Waals surface area contributed by atoms with Gasteiger partial charge in [-0.1, -0.05) is 24.3 Å². The maximum Gasteiger partial charge on any atom is 0.255 e. The number of para-hydroxylation sites is 1. The normalized spacial score (nSPS) is 17.8. The molecular formula is C17H13N3OS2. The van der Waals surface area contributed by atoms with E-state index in [1.807, 2.05) is 49.4 Å². The molecule has 0 aliphatic carbocycles. The SMILES string of the molecule is CC1NC(=S)N(c2cccc(-c3nc4ccccc4s3)c2)C1=O. The summed E-state index contributed by atoms with van der Waals surface area (Å²) in [5, 5.41) is 4.38. The van der Waals surface area contributed by atoms with Crippen LogP contribution in [0.1, 0.15) is 6.92 Å². The van der Waals surface area contributed by atoms with Gasteiger partial charge in [-0.3, -0.25) is 9.69 Å². The van der Waals surface area contributed by atoms with Gasteiger partial charge >= 0.3 is 0 Å². The molecular weight excluding hydrogens is 326 g/mol. The molecule has 1 aliphatic rings. The van der Waals surface area contributed by atoms with E-state index in [2.05, 4.69) is 16.4 Å². The van der Waals surface area contributed by atoms with Crippen molar-refractivity contribution >= 4 is 50.5 Å². The summed E-state index contributed by atoms with van der Waals surface area (Å²) in [7, 11) is 0. The van der Waals surface area contributed by atoms with Crippen LogP contribution < -0.4 is 10.2 Å². The molecule has 0 bridgehead atoms. The average Bonchev–Trinajstić information content (AvgIpc) is 3.09. The van der Waals surface area contributed by atoms with Crippen LogP contribution in [-0.2, 0) is 4.79 Å². The number of hydrogen-bond acceptors (Lipinski definition) is 4. The summed E-state index contributed by atoms with van der Waals surface area (Å²) in [5.74, 6) is -0.0311. The molecule has 4 nitrogen and oxygen atoms in total. The van der Waals surface area contributed by atoms with Gasteiger partial charge in [0.05, 0.1) is 15.9 Å². The Labute approximate surface area is 142 Å². The number of fused-ring (bicyclic) bond motifs is 1. The van der Waals surface area contributed by atoms with Crippen molar-refractivity contribution in [2.45, 2.75) is 13.0 Å². The van der Waals surface area contributed by atoms with E-state index in [-0.39, 0.29) is 11.9 Å². The van der Waals surface area contributed by atoms with Gasteiger partial charge in [-0.25, -0.2) is 4.98 Å². The molecule has 0 radical (unpaired) electrons. The zero-order chi connectivity index (χ0) is 16.0. The van der Waals surface area contributed by atoms with Crippen LogP contribution in [0.15, 0.2) is 48.5 Å². The summed E-state index contributed by atoms with van der Waals surface area (Å²) < 4.78 is 1.15. The zero-order valence-corrected chi connectivity index (χ0v) is 13.9. The third-order valence-corrected chi connectivity index (χ3v) is 5.16. The third-order valence-electron chi connectivity index (χ3n) is 3.78. The average molecular weight is 339 g/mol. The van der Waals surface area contributed by atoms with Crippen molar-refractivity contribution in [2.75, 3.05) is 4.90 Å². The lowest BCUT2D eigenvalue weighted by Gasteiger charge is -2.15. The molecule has 23 heavy (non-hydrogen) atoms. The molecule has 1 saturated heterocycles. The molecule has 1 unspecified atom stereocenters. The van der Waals surface area contributed by atoms with Crippen molar-refractivity contribution in [3.63, 3.8) is 0 Å². The Morgan fingerprint density at radius 2 is 2.04 bits per heavy atom. The van der Waals surface area contributed by atoms with Crippen LogP contribution in [0.2, 0.25) is 0 Å². The van der Waals surface area contributed by atoms with E-state index >= 15 is 0 Å². The maximum atomic E-state index is 12.3. The van der Waals surface area contributed by atoms with E-state index < -0.39 is 0 Å². The first-order chi connectivity index (χ1) is 11.1. The second-order valence-corrected chi connectivity index (χ2v) is 6.80. The lowest BCUT2D eigenvalue weighted by molar-refractivity contribution is -0.117. The van der Waals surface area contributed by atoms with E-state index in [0.717, 1.165) is 26.5 Å². The number of amides is 1. The van der Waals surface area contributed by atoms with Crippen LogP contribution >= 0.6 is 23.6 Å². The Kier molecular flexibility index (Phi) is 3.36. The molecule has 2 heterocycles. The molecule has 1 atom stereocenters. The second-order valence-electron chi connectivity index (χ2n) is 5.38. The van der Waals surface area contributed by atoms with E-state index in [0.29, 0.717) is 5.11 Å². The van der Waals surface area contributed by atoms with Crippen LogP contribution in [0, 0.1) is 0 Å². The topological polar surface area (TPSA) is 45.2 Å². The summed E-state index contributed by atoms with van der Waals surface area (Å²) in [6.07, 6.45) is 0. The largest absolute Gasteiger partial charge is 0.350 e. The Morgan fingerprint density at radius 3 is 2.78 bits per heavy atom. The molecule has 1 aromatic heterocycles. The number of thiazole rings is 1. The van der Waals surface area contributed by atoms with Crippen molar-refractivity contribution < 1.29 is 4.79 Å². The van der Waals surface area contributed by atoms with Gasteiger partial charge in [-0.2, -0.15) is 0 Å². The number of anilines is 1. The minimum absolute atomic E-state index is 0.0311. The lowest BCUT2D eigenvalue weighted by atomic mass is 10.2. The molecule has 1 amide bonds. The van der Waals surface area contributed by atoms with Crippen molar-refractivity contribution in [3.8, 4) is 10.6 Å². The fraction of sp³-hybridized carbons (Fsp3) is 0.118. The number of carbonyl (C=O) groups is 1. The van der Waals surface area contributed by atoms with Gasteiger partial charge in [-0.05, 0) is 43.4 Å². The molecule has 1 N–H and O–H groups in total. The summed E-state index contributed by atoms with van der Waals surface area (Å²) in [6, 6.07) is 15.6. The monoisotopic (exact) mass is 339 g/mol. The molecule has 1 aliphatic heterocycles. The highest BCUT2D eigenvalue weighted by Gasteiger charge is 2.33. The van der Waals surface area contributed by atoms with Gasteiger partial charge < -0.3 is 5.32 Å². The number of aromatic nitrogens is 1. The highest BCUT2D eigenvalue weighted by Crippen LogP contribution is 2.32. The summed E-state index contributed by atoms with van der Waals surface area (Å²) in [6.45, 7) is 1.81. The van der Waals surface area contributed by atoms with Crippen LogP contribution in [0.5, 0.6) is 0 Å². The predicted molar refractivity (Wildman–Crippen MR) is 97.7 cm³/mol. The van der Waals surface area contributed by atoms with Crippen molar-refractivity contribution in [1.82, 2.24) is 10.3 Å². The Morgan fingerprint density at radius 1 is 1.22 bits per heavy atom. The van der Waals surface area contributed by atoms with Gasteiger partial charge in [0, 0.05) is 5.56 Å². The minimum atomic E-state index is -0.284. The van der Waals surface area contributed by atoms with Crippen LogP contribution in [0.4, 0.5) is 5.69 Å². The fourth-order valence-corrected chi connectivity index (χ4v) is 3.96. The Hall–Kier alpha value is -2.31. The standard InChI is InChI=1S/C17H13N3OS2/c1-10-16(21)20(17(22)18-10)12-6-4-5-11(9-12)15-19-13-7-2-3-8-14(13)23-15/h2-10H,1H3,(H,18,22). The molecule has 6 heteroatoms. The van der Waals surface area contributed by atoms with Gasteiger partial charge in [0.1, 0.15) is 11.0 Å². The first-order valence-corrected chi connectivity index (χ1v) is 8.46. The van der Waals surface area contributed by atoms with E-state index in [4.69, 9.17) is 12.2 Å². The first kappa shape index (κ1) is 14.3. The number of rotatable bonds is 2. The molecule has 114 valence electrons. The van der Waals surface area contributed by atoms with Gasteiger partial charge in [-0.15, -0.1) is 11.3 Å². The number of benzene rings is 2. The number of carbonyl (C=O) groups excluding carboxylic acids is 1. The molecule has 0 spiro atoms. The molecule has 0 saturated carbocycles. The minimum Gasteiger partial charge on any atom is -0.350 e.